The van der Waals surface area contributed by atoms with Crippen molar-refractivity contribution in [2.45, 2.75) is 45.1 Å². The average Bonchev–Trinajstić information content (AvgIpc) is 2.83. The van der Waals surface area contributed by atoms with Crippen LogP contribution in [-0.4, -0.2) is 63.2 Å². The molecule has 0 bridgehead atoms. The van der Waals surface area contributed by atoms with Gasteiger partial charge in [-0.05, 0) is 71.1 Å². The van der Waals surface area contributed by atoms with Crippen LogP contribution < -0.4 is 5.32 Å². The summed E-state index contributed by atoms with van der Waals surface area (Å²) in [6, 6.07) is 0.742. The van der Waals surface area contributed by atoms with Gasteiger partial charge in [-0.25, -0.2) is 0 Å². The quantitative estimate of drug-likeness (QED) is 0.806. The molecular weight excluding hydrogens is 246 g/mol. The fraction of sp³-hybridized carbons (Fsp3) is 1.00. The molecular formula is C17H35N3. The Hall–Kier alpha value is -0.120. The van der Waals surface area contributed by atoms with Gasteiger partial charge in [0, 0.05) is 25.7 Å². The SMILES string of the molecule is CCC1CCC(NC)C(CN(C)CC2CCN(C)C2)C1. The van der Waals surface area contributed by atoms with Gasteiger partial charge >= 0.3 is 0 Å². The Bertz CT molecular complexity index is 281. The van der Waals surface area contributed by atoms with Crippen LogP contribution in [0.15, 0.2) is 0 Å². The maximum Gasteiger partial charge on any atom is 0.0105 e. The van der Waals surface area contributed by atoms with Gasteiger partial charge in [0.15, 0.2) is 0 Å². The van der Waals surface area contributed by atoms with E-state index >= 15 is 0 Å². The lowest BCUT2D eigenvalue weighted by molar-refractivity contribution is 0.147. The number of hydrogen-bond acceptors (Lipinski definition) is 3. The third kappa shape index (κ3) is 4.44. The van der Waals surface area contributed by atoms with Crippen LogP contribution in [0.3, 0.4) is 0 Å². The van der Waals surface area contributed by atoms with Gasteiger partial charge in [-0.3, -0.25) is 0 Å². The molecule has 1 N–H and O–H groups in total. The molecule has 4 unspecified atom stereocenters. The Morgan fingerprint density at radius 2 is 1.95 bits per heavy atom. The fourth-order valence-electron chi connectivity index (χ4n) is 4.40. The van der Waals surface area contributed by atoms with Crippen molar-refractivity contribution in [2.75, 3.05) is 47.3 Å². The van der Waals surface area contributed by atoms with E-state index in [1.54, 1.807) is 0 Å². The monoisotopic (exact) mass is 281 g/mol. The molecule has 1 saturated heterocycles. The number of likely N-dealkylation sites (tertiary alicyclic amines) is 1. The lowest BCUT2D eigenvalue weighted by Crippen LogP contribution is -2.44. The molecule has 1 saturated carbocycles. The Kier molecular flexibility index (Phi) is 6.31. The summed E-state index contributed by atoms with van der Waals surface area (Å²) in [5.41, 5.74) is 0. The Morgan fingerprint density at radius 1 is 1.15 bits per heavy atom. The molecule has 2 fully saturated rings. The fourth-order valence-corrected chi connectivity index (χ4v) is 4.40. The molecule has 0 spiro atoms. The van der Waals surface area contributed by atoms with Crippen LogP contribution >= 0.6 is 0 Å². The molecule has 3 heteroatoms. The van der Waals surface area contributed by atoms with Gasteiger partial charge in [0.1, 0.15) is 0 Å². The molecule has 1 aliphatic carbocycles. The molecule has 1 aliphatic heterocycles. The smallest absolute Gasteiger partial charge is 0.0105 e. The van der Waals surface area contributed by atoms with Crippen LogP contribution in [0.25, 0.3) is 0 Å². The standard InChI is InChI=1S/C17H35N3/c1-5-14-6-7-17(18-2)16(10-14)13-20(4)12-15-8-9-19(3)11-15/h14-18H,5-13H2,1-4H3. The molecule has 4 atom stereocenters. The van der Waals surface area contributed by atoms with Gasteiger partial charge in [0.05, 0.1) is 0 Å². The Morgan fingerprint density at radius 3 is 2.55 bits per heavy atom. The van der Waals surface area contributed by atoms with Crippen LogP contribution in [0.5, 0.6) is 0 Å². The van der Waals surface area contributed by atoms with Gasteiger partial charge in [-0.1, -0.05) is 13.3 Å². The molecule has 0 amide bonds. The molecule has 118 valence electrons. The number of nitrogens with one attached hydrogen (secondary N) is 1. The second-order valence-corrected chi connectivity index (χ2v) is 7.38. The molecule has 0 aromatic rings. The molecule has 3 nitrogen and oxygen atoms in total. The summed E-state index contributed by atoms with van der Waals surface area (Å²) < 4.78 is 0. The lowest BCUT2D eigenvalue weighted by atomic mass is 9.76. The van der Waals surface area contributed by atoms with Crippen LogP contribution in [-0.2, 0) is 0 Å². The lowest BCUT2D eigenvalue weighted by Gasteiger charge is -2.38. The van der Waals surface area contributed by atoms with Gasteiger partial charge in [-0.2, -0.15) is 0 Å². The zero-order valence-corrected chi connectivity index (χ0v) is 14.1. The predicted molar refractivity (Wildman–Crippen MR) is 87.1 cm³/mol. The highest BCUT2D eigenvalue weighted by molar-refractivity contribution is 4.86. The summed E-state index contributed by atoms with van der Waals surface area (Å²) in [4.78, 5) is 5.08. The van der Waals surface area contributed by atoms with Crippen molar-refractivity contribution in [2.24, 2.45) is 17.8 Å². The van der Waals surface area contributed by atoms with E-state index in [2.05, 4.69) is 43.2 Å². The maximum atomic E-state index is 3.57. The normalized spacial score (nSPS) is 35.9. The minimum Gasteiger partial charge on any atom is -0.317 e. The maximum absolute atomic E-state index is 3.57. The number of rotatable bonds is 6. The van der Waals surface area contributed by atoms with E-state index in [4.69, 9.17) is 0 Å². The van der Waals surface area contributed by atoms with Gasteiger partial charge < -0.3 is 15.1 Å². The molecule has 1 heterocycles. The molecule has 0 aromatic carbocycles. The third-order valence-electron chi connectivity index (χ3n) is 5.64. The van der Waals surface area contributed by atoms with E-state index in [-0.39, 0.29) is 0 Å². The topological polar surface area (TPSA) is 18.5 Å². The van der Waals surface area contributed by atoms with Gasteiger partial charge in [-0.15, -0.1) is 0 Å². The minimum atomic E-state index is 0.742. The van der Waals surface area contributed by atoms with E-state index in [1.165, 1.54) is 58.3 Å². The van der Waals surface area contributed by atoms with Crippen LogP contribution in [0, 0.1) is 17.8 Å². The van der Waals surface area contributed by atoms with E-state index < -0.39 is 0 Å². The van der Waals surface area contributed by atoms with Gasteiger partial charge in [0.2, 0.25) is 0 Å². The van der Waals surface area contributed by atoms with E-state index in [1.807, 2.05) is 0 Å². The number of nitrogens with zero attached hydrogens (tertiary/aromatic N) is 2. The van der Waals surface area contributed by atoms with Crippen molar-refractivity contribution in [1.29, 1.82) is 0 Å². The first-order valence-electron chi connectivity index (χ1n) is 8.66. The largest absolute Gasteiger partial charge is 0.317 e. The van der Waals surface area contributed by atoms with E-state index in [0.717, 1.165) is 23.8 Å². The van der Waals surface area contributed by atoms with E-state index in [9.17, 15) is 0 Å². The van der Waals surface area contributed by atoms with Crippen molar-refractivity contribution in [1.82, 2.24) is 15.1 Å². The highest BCUT2D eigenvalue weighted by atomic mass is 15.2. The van der Waals surface area contributed by atoms with Crippen LogP contribution in [0.1, 0.15) is 39.0 Å². The second kappa shape index (κ2) is 7.77. The van der Waals surface area contributed by atoms with E-state index in [0.29, 0.717) is 0 Å². The van der Waals surface area contributed by atoms with Crippen LogP contribution in [0.4, 0.5) is 0 Å². The summed E-state index contributed by atoms with van der Waals surface area (Å²) >= 11 is 0. The van der Waals surface area contributed by atoms with Crippen LogP contribution in [0.2, 0.25) is 0 Å². The molecule has 20 heavy (non-hydrogen) atoms. The first kappa shape index (κ1) is 16.3. The average molecular weight is 281 g/mol. The summed E-state index contributed by atoms with van der Waals surface area (Å²) in [6.45, 7) is 7.51. The van der Waals surface area contributed by atoms with Crippen molar-refractivity contribution in [3.63, 3.8) is 0 Å². The molecule has 0 aromatic heterocycles. The highest BCUT2D eigenvalue weighted by Crippen LogP contribution is 2.32. The van der Waals surface area contributed by atoms with Crippen molar-refractivity contribution in [3.05, 3.63) is 0 Å². The summed E-state index contributed by atoms with van der Waals surface area (Å²) in [5.74, 6) is 2.71. The van der Waals surface area contributed by atoms with Crippen molar-refractivity contribution >= 4 is 0 Å². The Balaban J connectivity index is 1.79. The minimum absolute atomic E-state index is 0.742. The zero-order valence-electron chi connectivity index (χ0n) is 14.1. The molecule has 2 aliphatic rings. The summed E-state index contributed by atoms with van der Waals surface area (Å²) in [5, 5.41) is 3.57. The third-order valence-corrected chi connectivity index (χ3v) is 5.64. The summed E-state index contributed by atoms with van der Waals surface area (Å²) in [7, 11) is 6.74. The Labute approximate surface area is 126 Å². The summed E-state index contributed by atoms with van der Waals surface area (Å²) in [6.07, 6.45) is 6.98. The van der Waals surface area contributed by atoms with Crippen molar-refractivity contribution in [3.8, 4) is 0 Å². The number of hydrogen-bond donors (Lipinski definition) is 1. The first-order valence-corrected chi connectivity index (χ1v) is 8.66. The van der Waals surface area contributed by atoms with Gasteiger partial charge in [0.25, 0.3) is 0 Å². The van der Waals surface area contributed by atoms with Crippen molar-refractivity contribution < 1.29 is 0 Å². The molecule has 0 radical (unpaired) electrons. The molecule has 2 rings (SSSR count). The predicted octanol–water partition coefficient (Wildman–Crippen LogP) is 2.28. The first-order chi connectivity index (χ1) is 9.62. The second-order valence-electron chi connectivity index (χ2n) is 7.38. The zero-order chi connectivity index (χ0) is 14.5. The highest BCUT2D eigenvalue weighted by Gasteiger charge is 2.30.